The number of fused-ring (bicyclic) bond motifs is 1. The van der Waals surface area contributed by atoms with Crippen LogP contribution >= 0.6 is 0 Å². The smallest absolute Gasteiger partial charge is 0.337 e. The molecular weight excluding hydrogens is 332 g/mol. The normalized spacial score (nSPS) is 15.6. The predicted octanol–water partition coefficient (Wildman–Crippen LogP) is 2.75. The molecule has 1 saturated heterocycles. The second-order valence-electron chi connectivity index (χ2n) is 6.94. The molecule has 0 spiro atoms. The van der Waals surface area contributed by atoms with E-state index < -0.39 is 5.63 Å². The minimum atomic E-state index is -0.521. The molecule has 140 valence electrons. The molecule has 0 saturated carbocycles. The van der Waals surface area contributed by atoms with E-state index in [1.54, 1.807) is 18.2 Å². The maximum Gasteiger partial charge on any atom is 0.337 e. The molecule has 0 atom stereocenters. The van der Waals surface area contributed by atoms with E-state index in [2.05, 4.69) is 11.8 Å². The van der Waals surface area contributed by atoms with Crippen LogP contribution in [0.25, 0.3) is 11.0 Å². The fourth-order valence-electron chi connectivity index (χ4n) is 3.33. The second-order valence-corrected chi connectivity index (χ2v) is 6.94. The van der Waals surface area contributed by atoms with Gasteiger partial charge in [-0.15, -0.1) is 0 Å². The molecule has 2 aromatic rings. The Labute approximate surface area is 153 Å². The molecule has 0 aliphatic carbocycles. The number of piperazine rings is 1. The van der Waals surface area contributed by atoms with Gasteiger partial charge in [-0.2, -0.15) is 0 Å². The average molecular weight is 358 g/mol. The van der Waals surface area contributed by atoms with Crippen molar-refractivity contribution in [3.63, 3.8) is 0 Å². The molecule has 26 heavy (non-hydrogen) atoms. The number of rotatable bonds is 5. The van der Waals surface area contributed by atoms with Crippen molar-refractivity contribution in [2.75, 3.05) is 32.7 Å². The first kappa shape index (κ1) is 18.5. The third-order valence-electron chi connectivity index (χ3n) is 4.52. The van der Waals surface area contributed by atoms with Gasteiger partial charge in [-0.1, -0.05) is 6.92 Å². The van der Waals surface area contributed by atoms with E-state index in [9.17, 15) is 9.59 Å². The topological polar surface area (TPSA) is 63.0 Å². The summed E-state index contributed by atoms with van der Waals surface area (Å²) >= 11 is 0. The summed E-state index contributed by atoms with van der Waals surface area (Å²) in [5.74, 6) is 0.505. The molecule has 0 radical (unpaired) electrons. The summed E-state index contributed by atoms with van der Waals surface area (Å²) in [5, 5.41) is 0.640. The molecule has 0 bridgehead atoms. The second kappa shape index (κ2) is 7.91. The van der Waals surface area contributed by atoms with Crippen molar-refractivity contribution >= 4 is 16.9 Å². The Morgan fingerprint density at radius 3 is 2.58 bits per heavy atom. The van der Waals surface area contributed by atoms with Crippen LogP contribution in [0.4, 0.5) is 0 Å². The van der Waals surface area contributed by atoms with Crippen molar-refractivity contribution < 1.29 is 13.9 Å². The largest absolute Gasteiger partial charge is 0.491 e. The number of hydrogen-bond acceptors (Lipinski definition) is 5. The quantitative estimate of drug-likeness (QED) is 0.769. The van der Waals surface area contributed by atoms with Crippen molar-refractivity contribution in [3.05, 3.63) is 40.2 Å². The number of benzene rings is 1. The summed E-state index contributed by atoms with van der Waals surface area (Å²) in [6.07, 6.45) is 1.13. The Bertz CT molecular complexity index is 835. The van der Waals surface area contributed by atoms with Crippen molar-refractivity contribution in [3.8, 4) is 5.75 Å². The van der Waals surface area contributed by atoms with Gasteiger partial charge in [-0.05, 0) is 38.9 Å². The van der Waals surface area contributed by atoms with E-state index in [0.29, 0.717) is 35.4 Å². The van der Waals surface area contributed by atoms with Gasteiger partial charge in [0.05, 0.1) is 11.7 Å². The lowest BCUT2D eigenvalue weighted by molar-refractivity contribution is 0.0639. The molecule has 1 aromatic carbocycles. The van der Waals surface area contributed by atoms with E-state index >= 15 is 0 Å². The van der Waals surface area contributed by atoms with Crippen LogP contribution in [0.1, 0.15) is 37.6 Å². The van der Waals surface area contributed by atoms with Crippen molar-refractivity contribution in [1.82, 2.24) is 9.80 Å². The molecule has 1 aliphatic rings. The summed E-state index contributed by atoms with van der Waals surface area (Å²) in [6, 6.07) is 6.56. The highest BCUT2D eigenvalue weighted by molar-refractivity contribution is 6.05. The highest BCUT2D eigenvalue weighted by atomic mass is 16.5. The van der Waals surface area contributed by atoms with E-state index in [4.69, 9.17) is 9.15 Å². The molecule has 2 heterocycles. The monoisotopic (exact) mass is 358 g/mol. The summed E-state index contributed by atoms with van der Waals surface area (Å²) in [4.78, 5) is 29.1. The lowest BCUT2D eigenvalue weighted by Gasteiger charge is -2.34. The van der Waals surface area contributed by atoms with Gasteiger partial charge in [-0.25, -0.2) is 4.79 Å². The minimum Gasteiger partial charge on any atom is -0.491 e. The van der Waals surface area contributed by atoms with Gasteiger partial charge in [0.25, 0.3) is 5.91 Å². The number of amides is 1. The van der Waals surface area contributed by atoms with E-state index in [1.807, 2.05) is 18.7 Å². The molecule has 1 aromatic heterocycles. The molecule has 0 unspecified atom stereocenters. The van der Waals surface area contributed by atoms with Crippen LogP contribution in [0.5, 0.6) is 5.75 Å². The molecule has 6 nitrogen and oxygen atoms in total. The third-order valence-corrected chi connectivity index (χ3v) is 4.52. The van der Waals surface area contributed by atoms with E-state index in [1.165, 1.54) is 6.07 Å². The Balaban J connectivity index is 1.87. The molecule has 1 amide bonds. The first-order valence-corrected chi connectivity index (χ1v) is 9.24. The van der Waals surface area contributed by atoms with E-state index in [-0.39, 0.29) is 12.0 Å². The highest BCUT2D eigenvalue weighted by Gasteiger charge is 2.24. The van der Waals surface area contributed by atoms with Crippen molar-refractivity contribution in [2.45, 2.75) is 33.3 Å². The van der Waals surface area contributed by atoms with Gasteiger partial charge in [0.1, 0.15) is 11.3 Å². The van der Waals surface area contributed by atoms with Crippen LogP contribution in [0.3, 0.4) is 0 Å². The fourth-order valence-corrected chi connectivity index (χ4v) is 3.33. The SMILES string of the molecule is CCCN1CCN(C(=O)c2cc(=O)oc3cc(OC(C)C)ccc23)CC1. The third kappa shape index (κ3) is 4.07. The Kier molecular flexibility index (Phi) is 5.61. The number of carbonyl (C=O) groups is 1. The van der Waals surface area contributed by atoms with Crippen molar-refractivity contribution in [2.24, 2.45) is 0 Å². The van der Waals surface area contributed by atoms with Gasteiger partial charge in [0.2, 0.25) is 0 Å². The number of carbonyl (C=O) groups excluding carboxylic acids is 1. The van der Waals surface area contributed by atoms with Gasteiger partial charge in [-0.3, -0.25) is 9.69 Å². The predicted molar refractivity (Wildman–Crippen MR) is 101 cm³/mol. The number of nitrogens with zero attached hydrogens (tertiary/aromatic N) is 2. The average Bonchev–Trinajstić information content (AvgIpc) is 2.60. The van der Waals surface area contributed by atoms with Crippen LogP contribution in [-0.4, -0.2) is 54.5 Å². The molecule has 1 aliphatic heterocycles. The van der Waals surface area contributed by atoms with E-state index in [0.717, 1.165) is 26.1 Å². The molecule has 3 rings (SSSR count). The maximum absolute atomic E-state index is 13.0. The maximum atomic E-state index is 13.0. The zero-order valence-corrected chi connectivity index (χ0v) is 15.7. The van der Waals surface area contributed by atoms with Crippen LogP contribution < -0.4 is 10.4 Å². The molecule has 6 heteroatoms. The molecule has 0 N–H and O–H groups in total. The summed E-state index contributed by atoms with van der Waals surface area (Å²) in [7, 11) is 0. The minimum absolute atomic E-state index is 0.0170. The first-order chi connectivity index (χ1) is 12.5. The van der Waals surface area contributed by atoms with Gasteiger partial charge in [0.15, 0.2) is 0 Å². The van der Waals surface area contributed by atoms with Crippen LogP contribution in [0.15, 0.2) is 33.5 Å². The number of ether oxygens (including phenoxy) is 1. The van der Waals surface area contributed by atoms with Gasteiger partial charge >= 0.3 is 5.63 Å². The van der Waals surface area contributed by atoms with Crippen molar-refractivity contribution in [1.29, 1.82) is 0 Å². The Morgan fingerprint density at radius 1 is 1.19 bits per heavy atom. The van der Waals surface area contributed by atoms with Gasteiger partial charge < -0.3 is 14.1 Å². The Morgan fingerprint density at radius 2 is 1.92 bits per heavy atom. The first-order valence-electron chi connectivity index (χ1n) is 9.24. The van der Waals surface area contributed by atoms with Gasteiger partial charge in [0, 0.05) is 43.7 Å². The summed E-state index contributed by atoms with van der Waals surface area (Å²) in [5.41, 5.74) is 0.257. The highest BCUT2D eigenvalue weighted by Crippen LogP contribution is 2.24. The van der Waals surface area contributed by atoms with Crippen LogP contribution in [0, 0.1) is 0 Å². The lowest BCUT2D eigenvalue weighted by Crippen LogP contribution is -2.48. The lowest BCUT2D eigenvalue weighted by atomic mass is 10.1. The van der Waals surface area contributed by atoms with Crippen LogP contribution in [0.2, 0.25) is 0 Å². The summed E-state index contributed by atoms with van der Waals surface area (Å²) in [6.45, 7) is 10.2. The Hall–Kier alpha value is -2.34. The zero-order chi connectivity index (χ0) is 18.7. The zero-order valence-electron chi connectivity index (χ0n) is 15.7. The molecular formula is C20H26N2O4. The fraction of sp³-hybridized carbons (Fsp3) is 0.500. The summed E-state index contributed by atoms with van der Waals surface area (Å²) < 4.78 is 10.9. The number of hydrogen-bond donors (Lipinski definition) is 0. The van der Waals surface area contributed by atoms with Crippen LogP contribution in [-0.2, 0) is 0 Å². The molecule has 1 fully saturated rings. The standard InChI is InChI=1S/C20H26N2O4/c1-4-7-21-8-10-22(11-9-21)20(24)17-13-19(23)26-18-12-15(25-14(2)3)5-6-16(17)18/h5-6,12-14H,4,7-11H2,1-3H3.